The van der Waals surface area contributed by atoms with Crippen molar-refractivity contribution >= 4 is 23.0 Å². The molecule has 1 unspecified atom stereocenters. The Hall–Kier alpha value is -2.63. The van der Waals surface area contributed by atoms with Gasteiger partial charge < -0.3 is 14.4 Å². The van der Waals surface area contributed by atoms with Gasteiger partial charge in [-0.2, -0.15) is 0 Å². The zero-order valence-electron chi connectivity index (χ0n) is 21.2. The van der Waals surface area contributed by atoms with Crippen LogP contribution >= 0.6 is 0 Å². The molecular weight excluding hydrogens is 428 g/mol. The Bertz CT molecular complexity index is 945. The molecule has 0 aliphatic carbocycles. The standard InChI is InChI=1S/C28H40N2O4/c1-28(2,3)34-27(32)30-16-14-21(15-17-30)18-22(10-6-5-7-13-26(31)33-4)24-19-23-11-8-9-12-25(23)29-20-24/h8-9,11-12,19-22H,5-7,10,13-18H2,1-4H3. The van der Waals surface area contributed by atoms with E-state index in [1.54, 1.807) is 0 Å². The number of benzene rings is 1. The van der Waals surface area contributed by atoms with Crippen molar-refractivity contribution in [2.75, 3.05) is 20.2 Å². The maximum atomic E-state index is 12.4. The number of nitrogens with zero attached hydrogens (tertiary/aromatic N) is 2. The highest BCUT2D eigenvalue weighted by atomic mass is 16.6. The van der Waals surface area contributed by atoms with Crippen LogP contribution in [0.5, 0.6) is 0 Å². The topological polar surface area (TPSA) is 68.7 Å². The smallest absolute Gasteiger partial charge is 0.410 e. The van der Waals surface area contributed by atoms with Gasteiger partial charge in [0.15, 0.2) is 0 Å². The number of hydrogen-bond acceptors (Lipinski definition) is 5. The number of carbonyl (C=O) groups excluding carboxylic acids is 2. The van der Waals surface area contributed by atoms with Crippen molar-refractivity contribution in [3.63, 3.8) is 0 Å². The number of piperidine rings is 1. The monoisotopic (exact) mass is 468 g/mol. The number of ether oxygens (including phenoxy) is 2. The van der Waals surface area contributed by atoms with Crippen molar-refractivity contribution in [3.05, 3.63) is 42.1 Å². The van der Waals surface area contributed by atoms with Crippen molar-refractivity contribution in [2.24, 2.45) is 5.92 Å². The molecule has 1 aliphatic rings. The van der Waals surface area contributed by atoms with Crippen LogP contribution in [0.1, 0.15) is 83.6 Å². The molecule has 1 atom stereocenters. The molecular formula is C28H40N2O4. The Kier molecular flexibility index (Phi) is 9.31. The van der Waals surface area contributed by atoms with E-state index in [1.807, 2.05) is 44.0 Å². The fourth-order valence-corrected chi connectivity index (χ4v) is 4.75. The molecule has 1 amide bonds. The number of pyridine rings is 1. The van der Waals surface area contributed by atoms with Crippen molar-refractivity contribution in [3.8, 4) is 0 Å². The largest absolute Gasteiger partial charge is 0.469 e. The minimum Gasteiger partial charge on any atom is -0.469 e. The quantitative estimate of drug-likeness (QED) is 0.311. The summed E-state index contributed by atoms with van der Waals surface area (Å²) < 4.78 is 10.3. The van der Waals surface area contributed by atoms with E-state index in [0.29, 0.717) is 18.3 Å². The predicted molar refractivity (Wildman–Crippen MR) is 135 cm³/mol. The van der Waals surface area contributed by atoms with Crippen LogP contribution in [0.2, 0.25) is 0 Å². The van der Waals surface area contributed by atoms with Crippen LogP contribution in [0.4, 0.5) is 4.79 Å². The van der Waals surface area contributed by atoms with Gasteiger partial charge in [0.2, 0.25) is 0 Å². The van der Waals surface area contributed by atoms with E-state index >= 15 is 0 Å². The summed E-state index contributed by atoms with van der Waals surface area (Å²) in [6.07, 6.45) is 9.45. The Morgan fingerprint density at radius 3 is 2.56 bits per heavy atom. The number of esters is 1. The molecule has 2 heterocycles. The van der Waals surface area contributed by atoms with Crippen LogP contribution in [0.3, 0.4) is 0 Å². The molecule has 1 aromatic carbocycles. The van der Waals surface area contributed by atoms with E-state index in [0.717, 1.165) is 63.6 Å². The van der Waals surface area contributed by atoms with Gasteiger partial charge in [-0.15, -0.1) is 0 Å². The summed E-state index contributed by atoms with van der Waals surface area (Å²) in [5.74, 6) is 0.866. The molecule has 1 aromatic heterocycles. The van der Waals surface area contributed by atoms with Crippen molar-refractivity contribution in [2.45, 2.75) is 83.7 Å². The number of unbranched alkanes of at least 4 members (excludes halogenated alkanes) is 2. The van der Waals surface area contributed by atoms with Gasteiger partial charge in [-0.05, 0) is 82.4 Å². The molecule has 0 saturated carbocycles. The predicted octanol–water partition coefficient (Wildman–Crippen LogP) is 6.48. The second-order valence-electron chi connectivity index (χ2n) is 10.5. The molecule has 0 radical (unpaired) electrons. The number of carbonyl (C=O) groups is 2. The van der Waals surface area contributed by atoms with Crippen LogP contribution in [0.15, 0.2) is 36.5 Å². The van der Waals surface area contributed by atoms with Crippen molar-refractivity contribution in [1.29, 1.82) is 0 Å². The second kappa shape index (κ2) is 12.2. The van der Waals surface area contributed by atoms with Gasteiger partial charge in [-0.3, -0.25) is 9.78 Å². The van der Waals surface area contributed by atoms with E-state index in [-0.39, 0.29) is 12.1 Å². The third-order valence-corrected chi connectivity index (χ3v) is 6.63. The summed E-state index contributed by atoms with van der Waals surface area (Å²) in [5, 5.41) is 1.18. The first-order valence-electron chi connectivity index (χ1n) is 12.6. The van der Waals surface area contributed by atoms with Crippen LogP contribution in [-0.4, -0.2) is 47.7 Å². The molecule has 0 bridgehead atoms. The van der Waals surface area contributed by atoms with Gasteiger partial charge in [0.25, 0.3) is 0 Å². The lowest BCUT2D eigenvalue weighted by atomic mass is 9.81. The lowest BCUT2D eigenvalue weighted by Gasteiger charge is -2.34. The summed E-state index contributed by atoms with van der Waals surface area (Å²) in [5.41, 5.74) is 1.85. The maximum absolute atomic E-state index is 12.4. The van der Waals surface area contributed by atoms with Crippen LogP contribution in [-0.2, 0) is 14.3 Å². The minimum atomic E-state index is -0.462. The molecule has 6 heteroatoms. The number of hydrogen-bond donors (Lipinski definition) is 0. The molecule has 1 saturated heterocycles. The second-order valence-corrected chi connectivity index (χ2v) is 10.5. The highest BCUT2D eigenvalue weighted by Gasteiger charge is 2.28. The molecule has 0 N–H and O–H groups in total. The Morgan fingerprint density at radius 1 is 1.12 bits per heavy atom. The maximum Gasteiger partial charge on any atom is 0.410 e. The summed E-state index contributed by atoms with van der Waals surface area (Å²) in [6, 6.07) is 10.5. The van der Waals surface area contributed by atoms with Gasteiger partial charge in [0.1, 0.15) is 5.60 Å². The van der Waals surface area contributed by atoms with E-state index < -0.39 is 5.60 Å². The molecule has 2 aromatic rings. The van der Waals surface area contributed by atoms with E-state index in [2.05, 4.69) is 18.2 Å². The molecule has 1 aliphatic heterocycles. The zero-order chi connectivity index (χ0) is 24.6. The molecule has 1 fully saturated rings. The lowest BCUT2D eigenvalue weighted by Crippen LogP contribution is -2.41. The minimum absolute atomic E-state index is 0.132. The van der Waals surface area contributed by atoms with Gasteiger partial charge in [-0.25, -0.2) is 4.79 Å². The zero-order valence-corrected chi connectivity index (χ0v) is 21.2. The summed E-state index contributed by atoms with van der Waals surface area (Å²) in [7, 11) is 1.44. The number of likely N-dealkylation sites (tertiary alicyclic amines) is 1. The molecule has 6 nitrogen and oxygen atoms in total. The number of amides is 1. The summed E-state index contributed by atoms with van der Waals surface area (Å²) in [4.78, 5) is 30.4. The first kappa shape index (κ1) is 26.0. The number of methoxy groups -OCH3 is 1. The average molecular weight is 469 g/mol. The molecule has 186 valence electrons. The molecule has 0 spiro atoms. The summed E-state index contributed by atoms with van der Waals surface area (Å²) in [6.45, 7) is 7.23. The molecule has 3 rings (SSSR count). The number of rotatable bonds is 9. The number of para-hydroxylation sites is 1. The SMILES string of the molecule is COC(=O)CCCCCC(CC1CCN(C(=O)OC(C)(C)C)CC1)c1cnc2ccccc2c1. The van der Waals surface area contributed by atoms with Gasteiger partial charge in [0, 0.05) is 31.1 Å². The van der Waals surface area contributed by atoms with Crippen molar-refractivity contribution in [1.82, 2.24) is 9.88 Å². The van der Waals surface area contributed by atoms with Gasteiger partial charge in [0.05, 0.1) is 12.6 Å². The molecule has 34 heavy (non-hydrogen) atoms. The van der Waals surface area contributed by atoms with E-state index in [1.165, 1.54) is 18.1 Å². The van der Waals surface area contributed by atoms with Crippen LogP contribution < -0.4 is 0 Å². The highest BCUT2D eigenvalue weighted by molar-refractivity contribution is 5.78. The Balaban J connectivity index is 1.60. The van der Waals surface area contributed by atoms with E-state index in [9.17, 15) is 9.59 Å². The third-order valence-electron chi connectivity index (χ3n) is 6.63. The fourth-order valence-electron chi connectivity index (χ4n) is 4.75. The normalized spacial score (nSPS) is 15.8. The Morgan fingerprint density at radius 2 is 1.85 bits per heavy atom. The number of aromatic nitrogens is 1. The highest BCUT2D eigenvalue weighted by Crippen LogP contribution is 2.34. The van der Waals surface area contributed by atoms with Gasteiger partial charge >= 0.3 is 12.1 Å². The average Bonchev–Trinajstić information content (AvgIpc) is 2.82. The van der Waals surface area contributed by atoms with Crippen LogP contribution in [0, 0.1) is 5.92 Å². The first-order valence-corrected chi connectivity index (χ1v) is 12.6. The summed E-state index contributed by atoms with van der Waals surface area (Å²) >= 11 is 0. The lowest BCUT2D eigenvalue weighted by molar-refractivity contribution is -0.140. The third kappa shape index (κ3) is 8.00. The number of fused-ring (bicyclic) bond motifs is 1. The van der Waals surface area contributed by atoms with E-state index in [4.69, 9.17) is 14.5 Å². The van der Waals surface area contributed by atoms with Crippen LogP contribution in [0.25, 0.3) is 10.9 Å². The van der Waals surface area contributed by atoms with Crippen molar-refractivity contribution < 1.29 is 19.1 Å². The van der Waals surface area contributed by atoms with Gasteiger partial charge in [-0.1, -0.05) is 31.0 Å². The Labute approximate surface area is 204 Å². The first-order chi connectivity index (χ1) is 16.2. The fraction of sp³-hybridized carbons (Fsp3) is 0.607.